The third kappa shape index (κ3) is 4.27. The van der Waals surface area contributed by atoms with Gasteiger partial charge in [0.2, 0.25) is 0 Å². The van der Waals surface area contributed by atoms with Crippen molar-refractivity contribution in [3.63, 3.8) is 0 Å². The average molecular weight is 435 g/mol. The molecule has 0 saturated carbocycles. The number of aldehydes is 1. The summed E-state index contributed by atoms with van der Waals surface area (Å²) >= 11 is 7.59. The Bertz CT molecular complexity index is 1130. The SMILES string of the molecule is COc1ccc(C(c2ccccn2)c2nc(-c3ccc(Cl)cc3)c(CC=O)s2)cc1. The van der Waals surface area contributed by atoms with Crippen molar-refractivity contribution in [1.29, 1.82) is 0 Å². The number of benzene rings is 2. The average Bonchev–Trinajstić information content (AvgIpc) is 3.19. The van der Waals surface area contributed by atoms with Crippen molar-refractivity contribution in [3.8, 4) is 17.0 Å². The van der Waals surface area contributed by atoms with Gasteiger partial charge < -0.3 is 9.53 Å². The van der Waals surface area contributed by atoms with E-state index in [0.717, 1.165) is 44.4 Å². The molecule has 0 amide bonds. The smallest absolute Gasteiger partial charge is 0.125 e. The zero-order valence-corrected chi connectivity index (χ0v) is 17.9. The fourth-order valence-corrected chi connectivity index (χ4v) is 4.63. The van der Waals surface area contributed by atoms with Crippen molar-refractivity contribution < 1.29 is 9.53 Å². The molecular formula is C24H19ClN2O2S. The van der Waals surface area contributed by atoms with Crippen LogP contribution in [0.3, 0.4) is 0 Å². The lowest BCUT2D eigenvalue weighted by molar-refractivity contribution is -0.107. The number of hydrogen-bond acceptors (Lipinski definition) is 5. The normalized spacial score (nSPS) is 11.8. The molecule has 6 heteroatoms. The standard InChI is InChI=1S/C24H19ClN2O2S/c1-29-19-11-7-16(8-12-19)22(20-4-2-3-14-26-20)24-27-23(21(30-24)13-15-28)17-5-9-18(25)10-6-17/h2-12,14-15,22H,13H2,1H3. The maximum atomic E-state index is 11.3. The van der Waals surface area contributed by atoms with E-state index < -0.39 is 0 Å². The fourth-order valence-electron chi connectivity index (χ4n) is 3.32. The fraction of sp³-hybridized carbons (Fsp3) is 0.125. The number of aromatic nitrogens is 2. The predicted octanol–water partition coefficient (Wildman–Crippen LogP) is 5.79. The first-order chi connectivity index (χ1) is 14.7. The minimum Gasteiger partial charge on any atom is -0.497 e. The minimum absolute atomic E-state index is 0.145. The Morgan fingerprint density at radius 3 is 2.47 bits per heavy atom. The molecule has 0 N–H and O–H groups in total. The highest BCUT2D eigenvalue weighted by atomic mass is 35.5. The van der Waals surface area contributed by atoms with E-state index in [2.05, 4.69) is 4.98 Å². The molecule has 0 aliphatic carbocycles. The summed E-state index contributed by atoms with van der Waals surface area (Å²) in [6.45, 7) is 0. The number of ether oxygens (including phenoxy) is 1. The quantitative estimate of drug-likeness (QED) is 0.345. The highest BCUT2D eigenvalue weighted by Crippen LogP contribution is 2.38. The Hall–Kier alpha value is -3.02. The van der Waals surface area contributed by atoms with E-state index in [9.17, 15) is 4.79 Å². The number of pyridine rings is 1. The zero-order chi connectivity index (χ0) is 20.9. The molecule has 0 saturated heterocycles. The Labute approximate surface area is 184 Å². The van der Waals surface area contributed by atoms with Gasteiger partial charge in [0.1, 0.15) is 17.0 Å². The first kappa shape index (κ1) is 20.3. The molecule has 4 aromatic rings. The van der Waals surface area contributed by atoms with Crippen molar-refractivity contribution in [1.82, 2.24) is 9.97 Å². The summed E-state index contributed by atoms with van der Waals surface area (Å²) < 4.78 is 5.30. The highest BCUT2D eigenvalue weighted by molar-refractivity contribution is 7.12. The summed E-state index contributed by atoms with van der Waals surface area (Å²) in [6.07, 6.45) is 3.01. The van der Waals surface area contributed by atoms with Crippen LogP contribution in [0.1, 0.15) is 27.1 Å². The number of carbonyl (C=O) groups excluding carboxylic acids is 1. The van der Waals surface area contributed by atoms with Gasteiger partial charge >= 0.3 is 0 Å². The second-order valence-corrected chi connectivity index (χ2v) is 8.21. The van der Waals surface area contributed by atoms with E-state index in [4.69, 9.17) is 21.3 Å². The monoisotopic (exact) mass is 434 g/mol. The third-order valence-electron chi connectivity index (χ3n) is 4.78. The lowest BCUT2D eigenvalue weighted by Gasteiger charge is -2.15. The van der Waals surface area contributed by atoms with Gasteiger partial charge in [-0.1, -0.05) is 41.9 Å². The largest absolute Gasteiger partial charge is 0.497 e. The maximum absolute atomic E-state index is 11.3. The molecule has 0 fully saturated rings. The molecule has 0 bridgehead atoms. The molecular weight excluding hydrogens is 416 g/mol. The van der Waals surface area contributed by atoms with Crippen LogP contribution in [-0.4, -0.2) is 23.4 Å². The second-order valence-electron chi connectivity index (χ2n) is 6.66. The molecule has 4 rings (SSSR count). The van der Waals surface area contributed by atoms with Gasteiger partial charge in [0, 0.05) is 28.1 Å². The predicted molar refractivity (Wildman–Crippen MR) is 121 cm³/mol. The van der Waals surface area contributed by atoms with Crippen LogP contribution in [0.25, 0.3) is 11.3 Å². The van der Waals surface area contributed by atoms with Gasteiger partial charge in [0.15, 0.2) is 0 Å². The number of halogens is 1. The minimum atomic E-state index is -0.145. The lowest BCUT2D eigenvalue weighted by atomic mass is 9.95. The Balaban J connectivity index is 1.85. The number of carbonyl (C=O) groups is 1. The van der Waals surface area contributed by atoms with Crippen LogP contribution in [0.4, 0.5) is 0 Å². The molecule has 150 valence electrons. The zero-order valence-electron chi connectivity index (χ0n) is 16.3. The molecule has 1 atom stereocenters. The Kier molecular flexibility index (Phi) is 6.21. The molecule has 4 nitrogen and oxygen atoms in total. The van der Waals surface area contributed by atoms with Crippen molar-refractivity contribution in [3.05, 3.63) is 99.1 Å². The summed E-state index contributed by atoms with van der Waals surface area (Å²) in [6, 6.07) is 21.3. The maximum Gasteiger partial charge on any atom is 0.125 e. The van der Waals surface area contributed by atoms with Crippen molar-refractivity contribution >= 4 is 29.2 Å². The van der Waals surface area contributed by atoms with Crippen LogP contribution in [-0.2, 0) is 11.2 Å². The van der Waals surface area contributed by atoms with Gasteiger partial charge in [-0.25, -0.2) is 4.98 Å². The van der Waals surface area contributed by atoms with Gasteiger partial charge in [-0.2, -0.15) is 0 Å². The summed E-state index contributed by atoms with van der Waals surface area (Å²) in [5.74, 6) is 0.648. The lowest BCUT2D eigenvalue weighted by Crippen LogP contribution is -2.05. The van der Waals surface area contributed by atoms with Crippen LogP contribution in [0.5, 0.6) is 5.75 Å². The van der Waals surface area contributed by atoms with E-state index in [1.54, 1.807) is 24.6 Å². The van der Waals surface area contributed by atoms with E-state index in [0.29, 0.717) is 11.4 Å². The number of methoxy groups -OCH3 is 1. The van der Waals surface area contributed by atoms with Crippen LogP contribution in [0.2, 0.25) is 5.02 Å². The van der Waals surface area contributed by atoms with Gasteiger partial charge in [-0.15, -0.1) is 11.3 Å². The summed E-state index contributed by atoms with van der Waals surface area (Å²) in [5, 5.41) is 1.55. The number of rotatable bonds is 7. The molecule has 0 aliphatic heterocycles. The highest BCUT2D eigenvalue weighted by Gasteiger charge is 2.24. The number of thiazole rings is 1. The molecule has 30 heavy (non-hydrogen) atoms. The van der Waals surface area contributed by atoms with Gasteiger partial charge in [0.25, 0.3) is 0 Å². The van der Waals surface area contributed by atoms with E-state index in [1.165, 1.54) is 0 Å². The molecule has 1 unspecified atom stereocenters. The van der Waals surface area contributed by atoms with Crippen LogP contribution in [0.15, 0.2) is 72.9 Å². The molecule has 0 aliphatic rings. The van der Waals surface area contributed by atoms with Crippen molar-refractivity contribution in [2.24, 2.45) is 0 Å². The van der Waals surface area contributed by atoms with E-state index >= 15 is 0 Å². The van der Waals surface area contributed by atoms with Crippen molar-refractivity contribution in [2.75, 3.05) is 7.11 Å². The van der Waals surface area contributed by atoms with Gasteiger partial charge in [-0.05, 0) is 42.0 Å². The summed E-state index contributed by atoms with van der Waals surface area (Å²) in [4.78, 5) is 21.8. The van der Waals surface area contributed by atoms with Crippen LogP contribution in [0, 0.1) is 0 Å². The molecule has 0 radical (unpaired) electrons. The number of nitrogens with zero attached hydrogens (tertiary/aromatic N) is 2. The van der Waals surface area contributed by atoms with Crippen LogP contribution < -0.4 is 4.74 Å². The summed E-state index contributed by atoms with van der Waals surface area (Å²) in [5.41, 5.74) is 3.71. The Morgan fingerprint density at radius 1 is 1.07 bits per heavy atom. The number of hydrogen-bond donors (Lipinski definition) is 0. The van der Waals surface area contributed by atoms with Gasteiger partial charge in [0.05, 0.1) is 24.4 Å². The summed E-state index contributed by atoms with van der Waals surface area (Å²) in [7, 11) is 1.65. The van der Waals surface area contributed by atoms with Crippen LogP contribution >= 0.6 is 22.9 Å². The Morgan fingerprint density at radius 2 is 1.83 bits per heavy atom. The molecule has 2 aromatic heterocycles. The topological polar surface area (TPSA) is 52.1 Å². The first-order valence-corrected chi connectivity index (χ1v) is 10.6. The third-order valence-corrected chi connectivity index (χ3v) is 6.17. The first-order valence-electron chi connectivity index (χ1n) is 9.43. The van der Waals surface area contributed by atoms with E-state index in [1.807, 2.05) is 66.7 Å². The van der Waals surface area contributed by atoms with Crippen molar-refractivity contribution in [2.45, 2.75) is 12.3 Å². The molecule has 2 aromatic carbocycles. The second kappa shape index (κ2) is 9.20. The molecule has 2 heterocycles. The van der Waals surface area contributed by atoms with Gasteiger partial charge in [-0.3, -0.25) is 4.98 Å². The van der Waals surface area contributed by atoms with E-state index in [-0.39, 0.29) is 5.92 Å². The molecule has 0 spiro atoms.